The minimum Gasteiger partial charge on any atom is -0.441 e. The highest BCUT2D eigenvalue weighted by atomic mass is 32.2. The number of aromatic nitrogens is 3. The van der Waals surface area contributed by atoms with E-state index in [4.69, 9.17) is 27.5 Å². The lowest BCUT2D eigenvalue weighted by molar-refractivity contribution is -0.119. The van der Waals surface area contributed by atoms with Gasteiger partial charge in [-0.05, 0) is 159 Å². The van der Waals surface area contributed by atoms with E-state index in [0.29, 0.717) is 54.1 Å². The van der Waals surface area contributed by atoms with E-state index in [0.717, 1.165) is 176 Å². The quantitative estimate of drug-likeness (QED) is 0.0601. The molecule has 19 nitrogen and oxygen atoms in total. The van der Waals surface area contributed by atoms with Crippen molar-refractivity contribution in [3.63, 3.8) is 0 Å². The number of aryl methyl sites for hydroxylation is 6. The first kappa shape index (κ1) is 65.5. The molecule has 22 heteroatoms. The van der Waals surface area contributed by atoms with Crippen LogP contribution >= 0.6 is 35.3 Å². The van der Waals surface area contributed by atoms with E-state index in [1.54, 1.807) is 0 Å². The monoisotopic (exact) mass is 1260 g/mol. The van der Waals surface area contributed by atoms with E-state index in [-0.39, 0.29) is 68.8 Å². The Morgan fingerprint density at radius 1 is 0.523 bits per heavy atom. The zero-order valence-corrected chi connectivity index (χ0v) is 53.0. The SMILES string of the molecule is Cc1ccc(-c2nc(COC3CCCC(/C=C4/SC(=O)NC4=O)C3)c(C)o2)cc1.Cc1ccc(-c2nc(COC3CCCC(C=O)C3)c(C)o2)cc1.Cc1ccc(-c2nc(COC3CCCC(CC4SC(=O)NC4=O)C3)c(C)o2)cc1.O=C1CSC(=O)N1. The molecule has 6 aromatic rings. The first-order valence-corrected chi connectivity index (χ1v) is 32.7. The van der Waals surface area contributed by atoms with Crippen molar-refractivity contribution in [1.29, 1.82) is 0 Å². The fraction of sp³-hybridized carbons (Fsp3) is 0.455. The molecule has 3 saturated heterocycles. The predicted octanol–water partition coefficient (Wildman–Crippen LogP) is 13.9. The molecular formula is C66H76N6O13S3. The minimum absolute atomic E-state index is 0.106. The molecule has 3 saturated carbocycles. The van der Waals surface area contributed by atoms with Crippen LogP contribution in [0.3, 0.4) is 0 Å². The van der Waals surface area contributed by atoms with Crippen LogP contribution in [0.4, 0.5) is 14.4 Å². The van der Waals surface area contributed by atoms with Crippen LogP contribution in [0.25, 0.3) is 34.4 Å². The molecule has 3 aliphatic carbocycles. The number of amides is 6. The Bertz CT molecular complexity index is 3440. The number of rotatable bonds is 16. The number of carbonyl (C=O) groups excluding carboxylic acids is 7. The number of hydrogen-bond acceptors (Lipinski definition) is 19. The van der Waals surface area contributed by atoms with Gasteiger partial charge in [0.25, 0.3) is 21.6 Å². The van der Waals surface area contributed by atoms with E-state index >= 15 is 0 Å². The Morgan fingerprint density at radius 2 is 0.966 bits per heavy atom. The van der Waals surface area contributed by atoms with Crippen LogP contribution < -0.4 is 16.0 Å². The van der Waals surface area contributed by atoms with Gasteiger partial charge in [0.15, 0.2) is 0 Å². The highest BCUT2D eigenvalue weighted by molar-refractivity contribution is 8.18. The average molecular weight is 1260 g/mol. The summed E-state index contributed by atoms with van der Waals surface area (Å²) >= 11 is 3.11. The Labute approximate surface area is 525 Å². The second kappa shape index (κ2) is 31.5. The highest BCUT2D eigenvalue weighted by Gasteiger charge is 2.36. The molecule has 6 heterocycles. The molecule has 88 heavy (non-hydrogen) atoms. The summed E-state index contributed by atoms with van der Waals surface area (Å²) < 4.78 is 35.7. The number of benzene rings is 3. The molecule has 0 bridgehead atoms. The van der Waals surface area contributed by atoms with Crippen molar-refractivity contribution in [2.24, 2.45) is 17.8 Å². The second-order valence-electron chi connectivity index (χ2n) is 23.1. The standard InChI is InChI=1S/C22H26N2O4S.C22H24N2O4S.C19H23NO3.C3H3NO2S/c2*1-13-6-8-16(9-7-13)21-23-18(14(2)28-21)12-27-17-5-3-4-15(10-17)11-19-20(25)24-22(26)29-19;1-13-6-8-16(9-7-13)19-20-18(14(2)23-19)12-22-17-5-3-4-15(10-17)11-21;5-2-1-7-3(6)4-2/h6-9,15,17,19H,3-5,10-12H2,1-2H3,(H,24,25,26);6-9,11,15,17H,3-5,10,12H2,1-2H3,(H,24,25,26);6-9,11,15,17H,3-5,10,12H2,1-2H3;1H2,(H,4,5,6)/b;19-11+;;. The zero-order valence-electron chi connectivity index (χ0n) is 50.5. The second-order valence-corrected chi connectivity index (χ2v) is 26.2. The number of oxazole rings is 3. The normalized spacial score (nSPS) is 23.1. The van der Waals surface area contributed by atoms with Crippen LogP contribution in [-0.4, -0.2) is 84.0 Å². The van der Waals surface area contributed by atoms with Crippen LogP contribution in [-0.2, 0) is 53.2 Å². The number of carbonyl (C=O) groups is 7. The van der Waals surface area contributed by atoms with E-state index in [2.05, 4.69) is 44.7 Å². The van der Waals surface area contributed by atoms with Gasteiger partial charge in [-0.1, -0.05) is 108 Å². The third-order valence-corrected chi connectivity index (χ3v) is 18.7. The summed E-state index contributed by atoms with van der Waals surface area (Å²) in [6, 6.07) is 24.3. The maximum Gasteiger partial charge on any atom is 0.290 e. The van der Waals surface area contributed by atoms with Gasteiger partial charge < -0.3 is 32.3 Å². The largest absolute Gasteiger partial charge is 0.441 e. The average Bonchev–Trinajstić information content (AvgIpc) is 4.54. The summed E-state index contributed by atoms with van der Waals surface area (Å²) in [6.07, 6.45) is 16.0. The van der Waals surface area contributed by atoms with E-state index in [9.17, 15) is 33.6 Å². The maximum atomic E-state index is 11.8. The number of allylic oxidation sites excluding steroid dienone is 1. The van der Waals surface area contributed by atoms with Gasteiger partial charge >= 0.3 is 0 Å². The fourth-order valence-electron chi connectivity index (χ4n) is 11.1. The summed E-state index contributed by atoms with van der Waals surface area (Å²) in [7, 11) is 0. The van der Waals surface area contributed by atoms with Gasteiger partial charge in [0.05, 0.1) is 54.0 Å². The topological polar surface area (TPSA) is 261 Å². The van der Waals surface area contributed by atoms with Crippen molar-refractivity contribution in [1.82, 2.24) is 30.9 Å². The number of thioether (sulfide) groups is 3. The zero-order chi connectivity index (χ0) is 62.3. The number of hydrogen-bond donors (Lipinski definition) is 3. The number of imide groups is 3. The first-order chi connectivity index (χ1) is 42.4. The van der Waals surface area contributed by atoms with Crippen molar-refractivity contribution < 1.29 is 61.0 Å². The van der Waals surface area contributed by atoms with Crippen molar-refractivity contribution in [3.8, 4) is 34.4 Å². The molecule has 6 aliphatic rings. The minimum atomic E-state index is -0.296. The molecule has 6 amide bonds. The molecule has 6 fully saturated rings. The lowest BCUT2D eigenvalue weighted by Crippen LogP contribution is -2.29. The van der Waals surface area contributed by atoms with Crippen LogP contribution in [0.15, 0.2) is 97.0 Å². The Kier molecular flexibility index (Phi) is 23.4. The third-order valence-electron chi connectivity index (χ3n) is 16.1. The summed E-state index contributed by atoms with van der Waals surface area (Å²) in [6.45, 7) is 13.2. The highest BCUT2D eigenvalue weighted by Crippen LogP contribution is 2.37. The molecule has 3 N–H and O–H groups in total. The summed E-state index contributed by atoms with van der Waals surface area (Å²) in [5, 5.41) is 5.78. The van der Waals surface area contributed by atoms with Gasteiger partial charge in [-0.25, -0.2) is 15.0 Å². The predicted molar refractivity (Wildman–Crippen MR) is 337 cm³/mol. The lowest BCUT2D eigenvalue weighted by Gasteiger charge is -2.29. The third kappa shape index (κ3) is 19.0. The number of aldehydes is 1. The smallest absolute Gasteiger partial charge is 0.290 e. The number of nitrogens with one attached hydrogen (secondary N) is 3. The van der Waals surface area contributed by atoms with Crippen LogP contribution in [0.1, 0.15) is 135 Å². The van der Waals surface area contributed by atoms with Crippen LogP contribution in [0.5, 0.6) is 0 Å². The van der Waals surface area contributed by atoms with Crippen LogP contribution in [0.2, 0.25) is 0 Å². The molecule has 0 spiro atoms. The molecule has 12 rings (SSSR count). The molecule has 3 aliphatic heterocycles. The van der Waals surface area contributed by atoms with Crippen molar-refractivity contribution in [3.05, 3.63) is 135 Å². The molecule has 466 valence electrons. The fourth-order valence-corrected chi connectivity index (χ4v) is 13.3. The van der Waals surface area contributed by atoms with Crippen molar-refractivity contribution in [2.75, 3.05) is 5.75 Å². The molecule has 3 aromatic heterocycles. The van der Waals surface area contributed by atoms with E-state index in [1.165, 1.54) is 16.7 Å². The number of ether oxygens (including phenoxy) is 3. The van der Waals surface area contributed by atoms with Gasteiger partial charge in [-0.3, -0.25) is 44.7 Å². The van der Waals surface area contributed by atoms with Crippen LogP contribution in [0, 0.1) is 59.3 Å². The Balaban J connectivity index is 0.000000149. The van der Waals surface area contributed by atoms with Crippen molar-refractivity contribution >= 4 is 75.0 Å². The van der Waals surface area contributed by atoms with Gasteiger partial charge in [0.1, 0.15) is 40.6 Å². The molecule has 7 atom stereocenters. The van der Waals surface area contributed by atoms with Gasteiger partial charge in [0, 0.05) is 22.6 Å². The Hall–Kier alpha value is -6.95. The van der Waals surface area contributed by atoms with E-state index in [1.807, 2.05) is 107 Å². The Morgan fingerprint density at radius 3 is 1.35 bits per heavy atom. The number of nitrogens with zero attached hydrogens (tertiary/aromatic N) is 3. The lowest BCUT2D eigenvalue weighted by atomic mass is 9.84. The summed E-state index contributed by atoms with van der Waals surface area (Å²) in [5.41, 5.74) is 8.99. The van der Waals surface area contributed by atoms with Gasteiger partial charge in [-0.15, -0.1) is 0 Å². The van der Waals surface area contributed by atoms with Crippen molar-refractivity contribution in [2.45, 2.75) is 168 Å². The summed E-state index contributed by atoms with van der Waals surface area (Å²) in [5.74, 6) is 4.69. The van der Waals surface area contributed by atoms with Gasteiger partial charge in [-0.2, -0.15) is 0 Å². The first-order valence-electron chi connectivity index (χ1n) is 30.0. The van der Waals surface area contributed by atoms with E-state index < -0.39 is 0 Å². The molecular weight excluding hydrogens is 1180 g/mol. The molecule has 0 radical (unpaired) electrons. The van der Waals surface area contributed by atoms with Gasteiger partial charge in [0.2, 0.25) is 29.5 Å². The molecule has 3 aromatic carbocycles. The summed E-state index contributed by atoms with van der Waals surface area (Å²) in [4.78, 5) is 91.7. The maximum absolute atomic E-state index is 11.8. The molecule has 7 unspecified atom stereocenters.